The SMILES string of the molecule is CC(C)(C)[C@@H](O)C(=O)N1CCN(c2nc(-c3ccccc3)nc3ccc(F)cc23)CC1. The third-order valence-corrected chi connectivity index (χ3v) is 5.61. The number of hydrogen-bond acceptors (Lipinski definition) is 5. The second-order valence-corrected chi connectivity index (χ2v) is 8.98. The first-order valence-corrected chi connectivity index (χ1v) is 10.5. The van der Waals surface area contributed by atoms with Crippen LogP contribution in [0.25, 0.3) is 22.3 Å². The Balaban J connectivity index is 1.64. The normalized spacial score (nSPS) is 15.9. The summed E-state index contributed by atoms with van der Waals surface area (Å²) >= 11 is 0. The number of carbonyl (C=O) groups is 1. The van der Waals surface area contributed by atoms with Crippen LogP contribution in [0.15, 0.2) is 48.5 Å². The zero-order chi connectivity index (χ0) is 22.2. The topological polar surface area (TPSA) is 69.6 Å². The molecule has 0 aliphatic carbocycles. The van der Waals surface area contributed by atoms with Gasteiger partial charge in [0.25, 0.3) is 5.91 Å². The van der Waals surface area contributed by atoms with E-state index >= 15 is 0 Å². The molecule has 1 N–H and O–H groups in total. The van der Waals surface area contributed by atoms with Gasteiger partial charge in [-0.15, -0.1) is 0 Å². The Morgan fingerprint density at radius 2 is 1.71 bits per heavy atom. The van der Waals surface area contributed by atoms with Gasteiger partial charge < -0.3 is 14.9 Å². The van der Waals surface area contributed by atoms with Crippen LogP contribution in [0.1, 0.15) is 20.8 Å². The summed E-state index contributed by atoms with van der Waals surface area (Å²) in [4.78, 5) is 25.8. The fourth-order valence-corrected chi connectivity index (χ4v) is 3.72. The molecule has 3 aromatic rings. The first-order valence-electron chi connectivity index (χ1n) is 10.5. The van der Waals surface area contributed by atoms with Gasteiger partial charge in [0.2, 0.25) is 0 Å². The molecule has 4 rings (SSSR count). The molecule has 1 aromatic heterocycles. The molecule has 1 atom stereocenters. The van der Waals surface area contributed by atoms with Crippen LogP contribution < -0.4 is 4.90 Å². The summed E-state index contributed by atoms with van der Waals surface area (Å²) in [6.07, 6.45) is -1.04. The zero-order valence-electron chi connectivity index (χ0n) is 18.0. The van der Waals surface area contributed by atoms with Gasteiger partial charge in [-0.2, -0.15) is 0 Å². The maximum atomic E-state index is 14.0. The van der Waals surface area contributed by atoms with E-state index in [1.54, 1.807) is 11.0 Å². The molecule has 7 heteroatoms. The molecule has 2 heterocycles. The number of hydrogen-bond donors (Lipinski definition) is 1. The molecule has 0 saturated carbocycles. The Bertz CT molecular complexity index is 1090. The average Bonchev–Trinajstić information content (AvgIpc) is 2.77. The highest BCUT2D eigenvalue weighted by Crippen LogP contribution is 2.29. The monoisotopic (exact) mass is 422 g/mol. The Kier molecular flexibility index (Phi) is 5.62. The van der Waals surface area contributed by atoms with Crippen LogP contribution in [0, 0.1) is 11.2 Å². The van der Waals surface area contributed by atoms with Gasteiger partial charge in [0, 0.05) is 37.1 Å². The second-order valence-electron chi connectivity index (χ2n) is 8.98. The molecule has 162 valence electrons. The minimum Gasteiger partial charge on any atom is -0.383 e. The van der Waals surface area contributed by atoms with Gasteiger partial charge in [-0.1, -0.05) is 51.1 Å². The van der Waals surface area contributed by atoms with E-state index in [1.165, 1.54) is 12.1 Å². The molecule has 0 bridgehead atoms. The van der Waals surface area contributed by atoms with Crippen molar-refractivity contribution in [3.05, 3.63) is 54.3 Å². The molecule has 2 aromatic carbocycles. The van der Waals surface area contributed by atoms with E-state index in [0.717, 1.165) is 5.56 Å². The van der Waals surface area contributed by atoms with E-state index in [0.29, 0.717) is 48.7 Å². The second kappa shape index (κ2) is 8.23. The summed E-state index contributed by atoms with van der Waals surface area (Å²) in [5.74, 6) is 0.644. The van der Waals surface area contributed by atoms with Gasteiger partial charge in [-0.25, -0.2) is 14.4 Å². The molecule has 6 nitrogen and oxygen atoms in total. The molecule has 1 fully saturated rings. The fourth-order valence-electron chi connectivity index (χ4n) is 3.72. The van der Waals surface area contributed by atoms with Gasteiger partial charge in [0.15, 0.2) is 5.82 Å². The third kappa shape index (κ3) is 4.37. The summed E-state index contributed by atoms with van der Waals surface area (Å²) < 4.78 is 14.0. The first kappa shape index (κ1) is 21.2. The quantitative estimate of drug-likeness (QED) is 0.700. The molecule has 31 heavy (non-hydrogen) atoms. The average molecular weight is 423 g/mol. The van der Waals surface area contributed by atoms with Crippen molar-refractivity contribution >= 4 is 22.6 Å². The standard InChI is InChI=1S/C24H27FN4O2/c1-24(2,3)20(30)23(31)29-13-11-28(12-14-29)22-18-15-17(25)9-10-19(18)26-21(27-22)16-7-5-4-6-8-16/h4-10,15,20,30H,11-14H2,1-3H3/t20-/m0/s1. The number of rotatable bonds is 3. The van der Waals surface area contributed by atoms with Crippen LogP contribution in [0.5, 0.6) is 0 Å². The van der Waals surface area contributed by atoms with Crippen LogP contribution in [0.2, 0.25) is 0 Å². The van der Waals surface area contributed by atoms with Gasteiger partial charge in [-0.05, 0) is 23.6 Å². The number of carbonyl (C=O) groups excluding carboxylic acids is 1. The number of amides is 1. The molecule has 1 aliphatic heterocycles. The summed E-state index contributed by atoms with van der Waals surface area (Å²) in [5, 5.41) is 11.0. The number of aliphatic hydroxyl groups is 1. The lowest BCUT2D eigenvalue weighted by Crippen LogP contribution is -2.53. The van der Waals surface area contributed by atoms with E-state index in [4.69, 9.17) is 4.98 Å². The molecule has 0 unspecified atom stereocenters. The minimum absolute atomic E-state index is 0.254. The van der Waals surface area contributed by atoms with Crippen LogP contribution in [0.3, 0.4) is 0 Å². The van der Waals surface area contributed by atoms with Gasteiger partial charge in [-0.3, -0.25) is 4.79 Å². The highest BCUT2D eigenvalue weighted by Gasteiger charge is 2.34. The highest BCUT2D eigenvalue weighted by atomic mass is 19.1. The molecule has 1 saturated heterocycles. The van der Waals surface area contributed by atoms with Crippen molar-refractivity contribution in [2.24, 2.45) is 5.41 Å². The van der Waals surface area contributed by atoms with Crippen molar-refractivity contribution in [2.75, 3.05) is 31.1 Å². The Morgan fingerprint density at radius 1 is 1.03 bits per heavy atom. The smallest absolute Gasteiger partial charge is 0.252 e. The van der Waals surface area contributed by atoms with Crippen LogP contribution >= 0.6 is 0 Å². The molecule has 0 radical (unpaired) electrons. The predicted octanol–water partition coefficient (Wildman–Crippen LogP) is 3.49. The Labute approximate surface area is 181 Å². The van der Waals surface area contributed by atoms with E-state index in [1.807, 2.05) is 51.1 Å². The van der Waals surface area contributed by atoms with Crippen LogP contribution in [-0.2, 0) is 4.79 Å². The zero-order valence-corrected chi connectivity index (χ0v) is 18.0. The lowest BCUT2D eigenvalue weighted by molar-refractivity contribution is -0.146. The van der Waals surface area contributed by atoms with Gasteiger partial charge in [0.05, 0.1) is 5.52 Å². The number of fused-ring (bicyclic) bond motifs is 1. The summed E-state index contributed by atoms with van der Waals surface area (Å²) in [5.41, 5.74) is 1.04. The van der Waals surface area contributed by atoms with E-state index in [9.17, 15) is 14.3 Å². The summed E-state index contributed by atoms with van der Waals surface area (Å²) in [7, 11) is 0. The predicted molar refractivity (Wildman–Crippen MR) is 119 cm³/mol. The summed E-state index contributed by atoms with van der Waals surface area (Å²) in [6, 6.07) is 14.2. The number of anilines is 1. The maximum absolute atomic E-state index is 14.0. The highest BCUT2D eigenvalue weighted by molar-refractivity contribution is 5.91. The van der Waals surface area contributed by atoms with Crippen molar-refractivity contribution in [1.82, 2.24) is 14.9 Å². The van der Waals surface area contributed by atoms with Crippen molar-refractivity contribution < 1.29 is 14.3 Å². The number of benzene rings is 2. The number of piperazine rings is 1. The number of halogens is 1. The van der Waals surface area contributed by atoms with Crippen molar-refractivity contribution in [2.45, 2.75) is 26.9 Å². The van der Waals surface area contributed by atoms with Crippen LogP contribution in [0.4, 0.5) is 10.2 Å². The van der Waals surface area contributed by atoms with Crippen molar-refractivity contribution in [1.29, 1.82) is 0 Å². The molecule has 1 aliphatic rings. The lowest BCUT2D eigenvalue weighted by Gasteiger charge is -2.38. The largest absolute Gasteiger partial charge is 0.383 e. The number of aromatic nitrogens is 2. The lowest BCUT2D eigenvalue weighted by atomic mass is 9.88. The van der Waals surface area contributed by atoms with Gasteiger partial charge in [0.1, 0.15) is 17.7 Å². The first-order chi connectivity index (χ1) is 14.7. The maximum Gasteiger partial charge on any atom is 0.252 e. The van der Waals surface area contributed by atoms with Crippen molar-refractivity contribution in [3.63, 3.8) is 0 Å². The molecular formula is C24H27FN4O2. The Hall–Kier alpha value is -3.06. The minimum atomic E-state index is -1.04. The van der Waals surface area contributed by atoms with Crippen LogP contribution in [-0.4, -0.2) is 58.2 Å². The van der Waals surface area contributed by atoms with Crippen molar-refractivity contribution in [3.8, 4) is 11.4 Å². The number of nitrogens with zero attached hydrogens (tertiary/aromatic N) is 4. The van der Waals surface area contributed by atoms with E-state index < -0.39 is 11.5 Å². The number of aliphatic hydroxyl groups excluding tert-OH is 1. The summed E-state index contributed by atoms with van der Waals surface area (Å²) in [6.45, 7) is 7.55. The van der Waals surface area contributed by atoms with Gasteiger partial charge >= 0.3 is 0 Å². The van der Waals surface area contributed by atoms with E-state index in [-0.39, 0.29) is 11.7 Å². The third-order valence-electron chi connectivity index (χ3n) is 5.61. The molecular weight excluding hydrogens is 395 g/mol. The molecule has 0 spiro atoms. The molecule has 1 amide bonds. The van der Waals surface area contributed by atoms with E-state index in [2.05, 4.69) is 9.88 Å². The fraction of sp³-hybridized carbons (Fsp3) is 0.375. The Morgan fingerprint density at radius 3 is 2.35 bits per heavy atom.